The normalized spacial score (nSPS) is 23.0. The van der Waals surface area contributed by atoms with Gasteiger partial charge in [-0.1, -0.05) is 31.4 Å². The Bertz CT molecular complexity index is 802. The number of nitrogens with zero attached hydrogens (tertiary/aromatic N) is 4. The van der Waals surface area contributed by atoms with Gasteiger partial charge < -0.3 is 4.74 Å². The van der Waals surface area contributed by atoms with Gasteiger partial charge in [0.05, 0.1) is 25.3 Å². The van der Waals surface area contributed by atoms with E-state index in [9.17, 15) is 4.39 Å². The molecule has 3 fully saturated rings. The zero-order valence-electron chi connectivity index (χ0n) is 16.4. The van der Waals surface area contributed by atoms with E-state index in [4.69, 9.17) is 14.8 Å². The van der Waals surface area contributed by atoms with Crippen LogP contribution in [0.1, 0.15) is 68.1 Å². The molecule has 28 heavy (non-hydrogen) atoms. The topological polar surface area (TPSA) is 43.2 Å². The Morgan fingerprint density at radius 3 is 2.43 bits per heavy atom. The van der Waals surface area contributed by atoms with E-state index >= 15 is 0 Å². The highest BCUT2D eigenvalue weighted by atomic mass is 19.1. The molecule has 1 aromatic heterocycles. The number of halogens is 1. The molecule has 0 radical (unpaired) electrons. The number of aromatic nitrogens is 3. The molecule has 5 rings (SSSR count). The van der Waals surface area contributed by atoms with Gasteiger partial charge >= 0.3 is 0 Å². The fraction of sp³-hybridized carbons (Fsp3) is 0.636. The summed E-state index contributed by atoms with van der Waals surface area (Å²) in [6.07, 6.45) is 8.44. The molecule has 0 N–H and O–H groups in total. The van der Waals surface area contributed by atoms with Crippen molar-refractivity contribution in [3.8, 4) is 0 Å². The molecule has 6 heteroatoms. The van der Waals surface area contributed by atoms with Crippen LogP contribution in [-0.4, -0.2) is 46.0 Å². The summed E-state index contributed by atoms with van der Waals surface area (Å²) in [7, 11) is 0. The third-order valence-electron chi connectivity index (χ3n) is 6.59. The van der Waals surface area contributed by atoms with E-state index in [-0.39, 0.29) is 11.4 Å². The maximum atomic E-state index is 13.4. The lowest BCUT2D eigenvalue weighted by Gasteiger charge is -2.47. The van der Waals surface area contributed by atoms with E-state index in [0.29, 0.717) is 12.5 Å². The predicted molar refractivity (Wildman–Crippen MR) is 105 cm³/mol. The molecule has 2 aliphatic carbocycles. The van der Waals surface area contributed by atoms with Crippen molar-refractivity contribution < 1.29 is 9.13 Å². The maximum Gasteiger partial charge on any atom is 0.154 e. The fourth-order valence-corrected chi connectivity index (χ4v) is 4.90. The van der Waals surface area contributed by atoms with Crippen LogP contribution >= 0.6 is 0 Å². The van der Waals surface area contributed by atoms with Gasteiger partial charge in [-0.3, -0.25) is 4.90 Å². The van der Waals surface area contributed by atoms with E-state index in [1.54, 1.807) is 0 Å². The van der Waals surface area contributed by atoms with Crippen molar-refractivity contribution in [3.63, 3.8) is 0 Å². The zero-order valence-corrected chi connectivity index (χ0v) is 16.4. The van der Waals surface area contributed by atoms with Crippen LogP contribution in [0.2, 0.25) is 0 Å². The first kappa shape index (κ1) is 18.3. The van der Waals surface area contributed by atoms with Crippen LogP contribution in [0.5, 0.6) is 0 Å². The number of ether oxygens (including phenoxy) is 1. The van der Waals surface area contributed by atoms with Crippen LogP contribution in [-0.2, 0) is 16.8 Å². The summed E-state index contributed by atoms with van der Waals surface area (Å²) in [6.45, 7) is 4.17. The van der Waals surface area contributed by atoms with Crippen LogP contribution < -0.4 is 0 Å². The predicted octanol–water partition coefficient (Wildman–Crippen LogP) is 3.83. The minimum absolute atomic E-state index is 0.0395. The Labute approximate surface area is 165 Å². The quantitative estimate of drug-likeness (QED) is 0.786. The van der Waals surface area contributed by atoms with E-state index in [0.717, 1.165) is 56.4 Å². The molecular formula is C22H29FN4O. The van der Waals surface area contributed by atoms with Gasteiger partial charge in [-0.05, 0) is 43.4 Å². The maximum absolute atomic E-state index is 13.4. The van der Waals surface area contributed by atoms with Crippen LogP contribution in [0.3, 0.4) is 0 Å². The summed E-state index contributed by atoms with van der Waals surface area (Å²) in [5, 5.41) is 4.96. The Balaban J connectivity index is 1.54. The SMILES string of the molecule is Fc1ccc(Cn2nc(C3CC3)nc2C2(N3CCOCC3)CCCCC2)cc1. The molecule has 0 atom stereocenters. The largest absolute Gasteiger partial charge is 0.379 e. The molecule has 1 aliphatic heterocycles. The molecule has 0 bridgehead atoms. The number of morpholine rings is 1. The molecule has 1 aromatic carbocycles. The average molecular weight is 384 g/mol. The third kappa shape index (κ3) is 3.48. The van der Waals surface area contributed by atoms with E-state index in [1.807, 2.05) is 12.1 Å². The molecule has 1 saturated heterocycles. The van der Waals surface area contributed by atoms with Gasteiger partial charge in [0.1, 0.15) is 11.6 Å². The average Bonchev–Trinajstić information content (AvgIpc) is 3.51. The fourth-order valence-electron chi connectivity index (χ4n) is 4.90. The van der Waals surface area contributed by atoms with Gasteiger partial charge in [-0.2, -0.15) is 5.10 Å². The molecule has 2 aromatic rings. The van der Waals surface area contributed by atoms with Gasteiger partial charge in [0.2, 0.25) is 0 Å². The van der Waals surface area contributed by atoms with Gasteiger partial charge in [-0.25, -0.2) is 14.1 Å². The molecule has 2 heterocycles. The van der Waals surface area contributed by atoms with Crippen molar-refractivity contribution in [1.29, 1.82) is 0 Å². The van der Waals surface area contributed by atoms with Crippen molar-refractivity contribution in [1.82, 2.24) is 19.7 Å². The standard InChI is InChI=1S/C22H29FN4O/c23-19-8-4-17(5-9-19)16-27-21(24-20(25-27)18-6-7-18)22(10-2-1-3-11-22)26-12-14-28-15-13-26/h4-5,8-9,18H,1-3,6-7,10-16H2. The van der Waals surface area contributed by atoms with Gasteiger partial charge in [0.25, 0.3) is 0 Å². The second-order valence-electron chi connectivity index (χ2n) is 8.54. The van der Waals surface area contributed by atoms with E-state index < -0.39 is 0 Å². The smallest absolute Gasteiger partial charge is 0.154 e. The summed E-state index contributed by atoms with van der Waals surface area (Å²) in [5.74, 6) is 2.47. The van der Waals surface area contributed by atoms with Crippen molar-refractivity contribution in [2.45, 2.75) is 62.9 Å². The molecule has 150 valence electrons. The lowest BCUT2D eigenvalue weighted by atomic mass is 9.79. The Hall–Kier alpha value is -1.79. The first-order valence-corrected chi connectivity index (χ1v) is 10.8. The lowest BCUT2D eigenvalue weighted by molar-refractivity contribution is -0.0458. The molecule has 3 aliphatic rings. The van der Waals surface area contributed by atoms with Crippen molar-refractivity contribution in [2.24, 2.45) is 0 Å². The Morgan fingerprint density at radius 2 is 1.75 bits per heavy atom. The van der Waals surface area contributed by atoms with Crippen LogP contribution in [0, 0.1) is 5.82 Å². The monoisotopic (exact) mass is 384 g/mol. The molecular weight excluding hydrogens is 355 g/mol. The van der Waals surface area contributed by atoms with Gasteiger partial charge in [-0.15, -0.1) is 0 Å². The first-order chi connectivity index (χ1) is 13.7. The van der Waals surface area contributed by atoms with Crippen molar-refractivity contribution in [3.05, 3.63) is 47.3 Å². The summed E-state index contributed by atoms with van der Waals surface area (Å²) in [4.78, 5) is 7.76. The molecule has 5 nitrogen and oxygen atoms in total. The number of hydrogen-bond acceptors (Lipinski definition) is 4. The molecule has 0 unspecified atom stereocenters. The Morgan fingerprint density at radius 1 is 1.04 bits per heavy atom. The van der Waals surface area contributed by atoms with Crippen LogP contribution in [0.4, 0.5) is 4.39 Å². The number of hydrogen-bond donors (Lipinski definition) is 0. The highest BCUT2D eigenvalue weighted by Crippen LogP contribution is 2.44. The van der Waals surface area contributed by atoms with Crippen LogP contribution in [0.15, 0.2) is 24.3 Å². The number of rotatable bonds is 5. The number of benzene rings is 1. The highest BCUT2D eigenvalue weighted by molar-refractivity contribution is 5.20. The molecule has 0 spiro atoms. The minimum Gasteiger partial charge on any atom is -0.379 e. The van der Waals surface area contributed by atoms with Crippen molar-refractivity contribution in [2.75, 3.05) is 26.3 Å². The van der Waals surface area contributed by atoms with E-state index in [1.165, 1.54) is 44.2 Å². The first-order valence-electron chi connectivity index (χ1n) is 10.8. The molecule has 0 amide bonds. The van der Waals surface area contributed by atoms with Crippen LogP contribution in [0.25, 0.3) is 0 Å². The summed E-state index contributed by atoms with van der Waals surface area (Å²) in [5.41, 5.74) is 1.03. The second-order valence-corrected chi connectivity index (χ2v) is 8.54. The zero-order chi connectivity index (χ0) is 19.0. The summed E-state index contributed by atoms with van der Waals surface area (Å²) >= 11 is 0. The van der Waals surface area contributed by atoms with Gasteiger partial charge in [0, 0.05) is 19.0 Å². The van der Waals surface area contributed by atoms with Crippen molar-refractivity contribution >= 4 is 0 Å². The highest BCUT2D eigenvalue weighted by Gasteiger charge is 2.45. The minimum atomic E-state index is -0.196. The Kier molecular flexibility index (Phi) is 4.93. The third-order valence-corrected chi connectivity index (χ3v) is 6.59. The summed E-state index contributed by atoms with van der Waals surface area (Å²) < 4.78 is 21.1. The van der Waals surface area contributed by atoms with E-state index in [2.05, 4.69) is 9.58 Å². The molecule has 2 saturated carbocycles. The second kappa shape index (κ2) is 7.56. The van der Waals surface area contributed by atoms with Gasteiger partial charge in [0.15, 0.2) is 5.82 Å². The lowest BCUT2D eigenvalue weighted by Crippen LogP contribution is -2.53. The summed E-state index contributed by atoms with van der Waals surface area (Å²) in [6, 6.07) is 6.79.